The maximum Gasteiger partial charge on any atom is 0.150 e. The molecule has 2 N–H and O–H groups in total. The Hall–Kier alpha value is -0.130. The molecular weight excluding hydrogens is 178 g/mol. The smallest absolute Gasteiger partial charge is 0.150 e. The Morgan fingerprint density at radius 2 is 1.92 bits per heavy atom. The third kappa shape index (κ3) is 1.97. The van der Waals surface area contributed by atoms with Crippen LogP contribution in [0.4, 0.5) is 0 Å². The zero-order valence-corrected chi connectivity index (χ0v) is 8.06. The molecule has 1 aliphatic heterocycles. The van der Waals surface area contributed by atoms with Gasteiger partial charge in [-0.15, -0.1) is 0 Å². The summed E-state index contributed by atoms with van der Waals surface area (Å²) >= 11 is 0. The van der Waals surface area contributed by atoms with E-state index in [1.807, 2.05) is 0 Å². The normalized spacial score (nSPS) is 26.8. The topological polar surface area (TPSA) is 69.4 Å². The third-order valence-electron chi connectivity index (χ3n) is 2.54. The molecule has 0 aliphatic carbocycles. The minimum Gasteiger partial charge on any atom is -0.377 e. The quantitative estimate of drug-likeness (QED) is 0.644. The molecule has 0 bridgehead atoms. The minimum absolute atomic E-state index is 0.206. The molecule has 1 aliphatic rings. The second kappa shape index (κ2) is 3.32. The van der Waals surface area contributed by atoms with Crippen LogP contribution >= 0.6 is 0 Å². The van der Waals surface area contributed by atoms with Gasteiger partial charge in [0.25, 0.3) is 0 Å². The number of methoxy groups -OCH3 is 1. The van der Waals surface area contributed by atoms with Crippen molar-refractivity contribution in [3.8, 4) is 0 Å². The van der Waals surface area contributed by atoms with Gasteiger partial charge in [-0.05, 0) is 12.8 Å². The lowest BCUT2D eigenvalue weighted by molar-refractivity contribution is -0.0103. The minimum atomic E-state index is -2.81. The molecule has 12 heavy (non-hydrogen) atoms. The van der Waals surface area contributed by atoms with Crippen molar-refractivity contribution in [3.05, 3.63) is 0 Å². The molecule has 1 saturated heterocycles. The number of hydrogen-bond acceptors (Lipinski definition) is 4. The van der Waals surface area contributed by atoms with Gasteiger partial charge in [-0.2, -0.15) is 0 Å². The van der Waals surface area contributed by atoms with E-state index in [2.05, 4.69) is 0 Å². The van der Waals surface area contributed by atoms with E-state index in [1.165, 1.54) is 0 Å². The van der Waals surface area contributed by atoms with Crippen LogP contribution in [-0.4, -0.2) is 39.2 Å². The number of sulfone groups is 1. The van der Waals surface area contributed by atoms with Gasteiger partial charge in [0, 0.05) is 13.7 Å². The highest BCUT2D eigenvalue weighted by Crippen LogP contribution is 2.25. The molecule has 1 heterocycles. The molecule has 0 atom stereocenters. The predicted molar refractivity (Wildman–Crippen MR) is 46.7 cm³/mol. The van der Waals surface area contributed by atoms with Crippen molar-refractivity contribution in [1.29, 1.82) is 0 Å². The maximum atomic E-state index is 11.1. The Labute approximate surface area is 73.0 Å². The molecule has 0 amide bonds. The van der Waals surface area contributed by atoms with E-state index in [1.54, 1.807) is 7.11 Å². The zero-order valence-electron chi connectivity index (χ0n) is 7.25. The summed E-state index contributed by atoms with van der Waals surface area (Å²) in [7, 11) is -1.22. The molecule has 4 nitrogen and oxygen atoms in total. The first kappa shape index (κ1) is 9.95. The second-order valence-corrected chi connectivity index (χ2v) is 5.55. The fourth-order valence-electron chi connectivity index (χ4n) is 1.40. The van der Waals surface area contributed by atoms with Gasteiger partial charge in [-0.25, -0.2) is 8.42 Å². The summed E-state index contributed by atoms with van der Waals surface area (Å²) in [5.74, 6) is 0.413. The van der Waals surface area contributed by atoms with Crippen molar-refractivity contribution < 1.29 is 13.2 Å². The first-order chi connectivity index (χ1) is 5.54. The van der Waals surface area contributed by atoms with Crippen LogP contribution in [0, 0.1) is 0 Å². The van der Waals surface area contributed by atoms with E-state index in [4.69, 9.17) is 10.5 Å². The van der Waals surface area contributed by atoms with Crippen LogP contribution in [0.25, 0.3) is 0 Å². The van der Waals surface area contributed by atoms with Gasteiger partial charge in [0.05, 0.1) is 17.1 Å². The van der Waals surface area contributed by atoms with E-state index in [0.717, 1.165) is 0 Å². The average Bonchev–Trinajstić information content (AvgIpc) is 2.06. The lowest BCUT2D eigenvalue weighted by Gasteiger charge is -2.34. The summed E-state index contributed by atoms with van der Waals surface area (Å²) in [6.45, 7) is 0.402. The fourth-order valence-corrected chi connectivity index (χ4v) is 2.97. The molecule has 0 aromatic heterocycles. The van der Waals surface area contributed by atoms with Crippen molar-refractivity contribution in [2.24, 2.45) is 5.73 Å². The summed E-state index contributed by atoms with van der Waals surface area (Å²) in [6, 6.07) is 0. The summed E-state index contributed by atoms with van der Waals surface area (Å²) in [4.78, 5) is 0. The Kier molecular flexibility index (Phi) is 2.75. The van der Waals surface area contributed by atoms with Crippen LogP contribution in [0.1, 0.15) is 12.8 Å². The molecule has 5 heteroatoms. The predicted octanol–water partition coefficient (Wildman–Crippen LogP) is -0.461. The zero-order chi connectivity index (χ0) is 9.24. The highest BCUT2D eigenvalue weighted by molar-refractivity contribution is 7.91. The first-order valence-corrected chi connectivity index (χ1v) is 5.81. The van der Waals surface area contributed by atoms with Crippen molar-refractivity contribution in [1.82, 2.24) is 0 Å². The monoisotopic (exact) mass is 193 g/mol. The maximum absolute atomic E-state index is 11.1. The van der Waals surface area contributed by atoms with Gasteiger partial charge in [-0.3, -0.25) is 0 Å². The van der Waals surface area contributed by atoms with Crippen molar-refractivity contribution in [2.45, 2.75) is 18.4 Å². The Morgan fingerprint density at radius 1 is 1.42 bits per heavy atom. The molecule has 72 valence electrons. The molecular formula is C7H15NO3S. The van der Waals surface area contributed by atoms with Crippen LogP contribution < -0.4 is 5.73 Å². The molecule has 0 saturated carbocycles. The molecule has 0 aromatic carbocycles. The number of rotatable bonds is 2. The van der Waals surface area contributed by atoms with E-state index in [9.17, 15) is 8.42 Å². The molecule has 0 spiro atoms. The van der Waals surface area contributed by atoms with Gasteiger partial charge < -0.3 is 10.5 Å². The van der Waals surface area contributed by atoms with Crippen molar-refractivity contribution in [2.75, 3.05) is 25.2 Å². The molecule has 1 rings (SSSR count). The molecule has 0 radical (unpaired) electrons. The van der Waals surface area contributed by atoms with E-state index < -0.39 is 9.84 Å². The van der Waals surface area contributed by atoms with Crippen LogP contribution in [-0.2, 0) is 14.6 Å². The largest absolute Gasteiger partial charge is 0.377 e. The van der Waals surface area contributed by atoms with Crippen LogP contribution in [0.3, 0.4) is 0 Å². The van der Waals surface area contributed by atoms with Crippen molar-refractivity contribution in [3.63, 3.8) is 0 Å². The van der Waals surface area contributed by atoms with Gasteiger partial charge in [0.2, 0.25) is 0 Å². The third-order valence-corrected chi connectivity index (χ3v) is 4.19. The number of ether oxygens (including phenoxy) is 1. The standard InChI is InChI=1S/C7H15NO3S/c1-11-7(6-8)2-4-12(9,10)5-3-7/h2-6,8H2,1H3. The Bertz CT molecular complexity index is 227. The van der Waals surface area contributed by atoms with Crippen LogP contribution in [0.5, 0.6) is 0 Å². The lowest BCUT2D eigenvalue weighted by Crippen LogP contribution is -2.46. The summed E-state index contributed by atoms with van der Waals surface area (Å²) in [6.07, 6.45) is 1.06. The number of nitrogens with two attached hydrogens (primary N) is 1. The summed E-state index contributed by atoms with van der Waals surface area (Å²) in [5.41, 5.74) is 5.13. The average molecular weight is 193 g/mol. The second-order valence-electron chi connectivity index (χ2n) is 3.24. The lowest BCUT2D eigenvalue weighted by atomic mass is 9.97. The molecule has 1 fully saturated rings. The van der Waals surface area contributed by atoms with E-state index in [-0.39, 0.29) is 17.1 Å². The van der Waals surface area contributed by atoms with Gasteiger partial charge in [-0.1, -0.05) is 0 Å². The van der Waals surface area contributed by atoms with Gasteiger partial charge in [0.15, 0.2) is 9.84 Å². The molecule has 0 aromatic rings. The molecule has 0 unspecified atom stereocenters. The highest BCUT2D eigenvalue weighted by atomic mass is 32.2. The van der Waals surface area contributed by atoms with E-state index >= 15 is 0 Å². The Morgan fingerprint density at radius 3 is 2.25 bits per heavy atom. The van der Waals surface area contributed by atoms with Crippen LogP contribution in [0.2, 0.25) is 0 Å². The summed E-state index contributed by atoms with van der Waals surface area (Å²) < 4.78 is 27.4. The SMILES string of the molecule is COC1(CN)CCS(=O)(=O)CC1. The Balaban J connectivity index is 2.66. The highest BCUT2D eigenvalue weighted by Gasteiger charge is 2.35. The summed E-state index contributed by atoms with van der Waals surface area (Å²) in [5, 5.41) is 0. The van der Waals surface area contributed by atoms with Crippen molar-refractivity contribution >= 4 is 9.84 Å². The van der Waals surface area contributed by atoms with Gasteiger partial charge in [0.1, 0.15) is 0 Å². The fraction of sp³-hybridized carbons (Fsp3) is 1.00. The first-order valence-electron chi connectivity index (χ1n) is 3.99. The van der Waals surface area contributed by atoms with Gasteiger partial charge >= 0.3 is 0 Å². The van der Waals surface area contributed by atoms with E-state index in [0.29, 0.717) is 19.4 Å². The van der Waals surface area contributed by atoms with Crippen LogP contribution in [0.15, 0.2) is 0 Å². The number of hydrogen-bond donors (Lipinski definition) is 1.